The predicted molar refractivity (Wildman–Crippen MR) is 112 cm³/mol. The van der Waals surface area contributed by atoms with Crippen LogP contribution in [0.4, 0.5) is 0 Å². The molecule has 1 aromatic carbocycles. The topological polar surface area (TPSA) is 81.0 Å². The van der Waals surface area contributed by atoms with Gasteiger partial charge in [-0.3, -0.25) is 9.20 Å². The van der Waals surface area contributed by atoms with Gasteiger partial charge >= 0.3 is 0 Å². The van der Waals surface area contributed by atoms with Gasteiger partial charge in [0.15, 0.2) is 10.7 Å². The molecule has 0 N–H and O–H groups in total. The summed E-state index contributed by atoms with van der Waals surface area (Å²) in [6.07, 6.45) is 5.24. The van der Waals surface area contributed by atoms with Crippen molar-refractivity contribution in [1.82, 2.24) is 13.7 Å². The molecular weight excluding hydrogens is 410 g/mol. The van der Waals surface area contributed by atoms with Crippen LogP contribution in [0.3, 0.4) is 0 Å². The third-order valence-electron chi connectivity index (χ3n) is 4.80. The Morgan fingerprint density at radius 2 is 1.86 bits per heavy atom. The van der Waals surface area contributed by atoms with Gasteiger partial charge < -0.3 is 4.74 Å². The Labute approximate surface area is 173 Å². The van der Waals surface area contributed by atoms with Gasteiger partial charge in [-0.25, -0.2) is 13.4 Å². The number of hydrogen-bond donors (Lipinski definition) is 0. The van der Waals surface area contributed by atoms with Crippen molar-refractivity contribution >= 4 is 38.2 Å². The van der Waals surface area contributed by atoms with Crippen LogP contribution in [0, 0.1) is 13.8 Å². The zero-order chi connectivity index (χ0) is 20.6. The van der Waals surface area contributed by atoms with E-state index < -0.39 is 10.0 Å². The number of aromatic nitrogens is 2. The fourth-order valence-electron chi connectivity index (χ4n) is 3.26. The number of imidazole rings is 1. The highest BCUT2D eigenvalue weighted by atomic mass is 32.2. The van der Waals surface area contributed by atoms with Crippen molar-refractivity contribution in [1.29, 1.82) is 0 Å². The Hall–Kier alpha value is -2.33. The van der Waals surface area contributed by atoms with Crippen LogP contribution in [0.1, 0.15) is 26.6 Å². The lowest BCUT2D eigenvalue weighted by atomic mass is 10.1. The molecule has 0 atom stereocenters. The number of ketones is 1. The summed E-state index contributed by atoms with van der Waals surface area (Å²) in [7, 11) is -3.57. The fraction of sp³-hybridized carbons (Fsp3) is 0.300. The molecule has 1 aliphatic heterocycles. The smallest absolute Gasteiger partial charge is 0.243 e. The molecular formula is C20H21N3O4S2. The van der Waals surface area contributed by atoms with E-state index in [0.717, 1.165) is 21.2 Å². The minimum absolute atomic E-state index is 0.182. The molecule has 3 aromatic rings. The monoisotopic (exact) mass is 431 g/mol. The maximum absolute atomic E-state index is 12.7. The maximum atomic E-state index is 12.7. The number of nitrogens with zero attached hydrogens (tertiary/aromatic N) is 3. The number of benzene rings is 1. The molecule has 0 amide bonds. The number of ether oxygens (including phenoxy) is 1. The first-order chi connectivity index (χ1) is 13.9. The Balaban J connectivity index is 1.53. The second-order valence-corrected chi connectivity index (χ2v) is 9.97. The second kappa shape index (κ2) is 7.83. The van der Waals surface area contributed by atoms with Crippen LogP contribution in [0.2, 0.25) is 0 Å². The van der Waals surface area contributed by atoms with E-state index in [1.807, 2.05) is 24.4 Å². The average molecular weight is 432 g/mol. The standard InChI is InChI=1S/C20H21N3O4S2/c1-14-13-23-18(15(2)21-20(23)28-14)7-8-19(24)16-3-5-17(6-4-16)29(25,26)22-9-11-27-12-10-22/h3-8,13H,9-12H2,1-2H3/b8-7+. The SMILES string of the molecule is Cc1cn2c(/C=C/C(=O)c3ccc(S(=O)(=O)N4CCOCC4)cc3)c(C)nc2s1. The summed E-state index contributed by atoms with van der Waals surface area (Å²) in [4.78, 5) is 19.3. The first-order valence-electron chi connectivity index (χ1n) is 9.22. The number of hydrogen-bond acceptors (Lipinski definition) is 6. The second-order valence-electron chi connectivity index (χ2n) is 6.82. The number of allylic oxidation sites excluding steroid dienone is 1. The van der Waals surface area contributed by atoms with Gasteiger partial charge in [0.05, 0.1) is 29.5 Å². The zero-order valence-electron chi connectivity index (χ0n) is 16.2. The summed E-state index contributed by atoms with van der Waals surface area (Å²) in [6.45, 7) is 5.39. The highest BCUT2D eigenvalue weighted by Crippen LogP contribution is 2.22. The molecule has 0 aliphatic carbocycles. The number of fused-ring (bicyclic) bond motifs is 1. The number of sulfonamides is 1. The molecule has 3 heterocycles. The van der Waals surface area contributed by atoms with Gasteiger partial charge in [-0.1, -0.05) is 0 Å². The van der Waals surface area contributed by atoms with Crippen molar-refractivity contribution in [2.75, 3.05) is 26.3 Å². The van der Waals surface area contributed by atoms with Crippen LogP contribution in [0.5, 0.6) is 0 Å². The van der Waals surface area contributed by atoms with E-state index in [1.54, 1.807) is 29.5 Å². The van der Waals surface area contributed by atoms with Gasteiger partial charge in [0.1, 0.15) is 0 Å². The summed E-state index contributed by atoms with van der Waals surface area (Å²) in [5.41, 5.74) is 2.15. The van der Waals surface area contributed by atoms with E-state index >= 15 is 0 Å². The number of aryl methyl sites for hydroxylation is 2. The van der Waals surface area contributed by atoms with Gasteiger partial charge in [-0.05, 0) is 50.3 Å². The van der Waals surface area contributed by atoms with Crippen LogP contribution >= 0.6 is 11.3 Å². The van der Waals surface area contributed by atoms with Crippen LogP contribution in [-0.4, -0.2) is 54.2 Å². The van der Waals surface area contributed by atoms with E-state index in [-0.39, 0.29) is 10.7 Å². The molecule has 4 rings (SSSR count). The normalized spacial score (nSPS) is 16.1. The number of thiazole rings is 1. The molecule has 152 valence electrons. The molecule has 1 fully saturated rings. The van der Waals surface area contributed by atoms with Crippen LogP contribution in [0.15, 0.2) is 41.4 Å². The van der Waals surface area contributed by atoms with E-state index in [4.69, 9.17) is 4.74 Å². The molecule has 29 heavy (non-hydrogen) atoms. The summed E-state index contributed by atoms with van der Waals surface area (Å²) in [6, 6.07) is 6.06. The lowest BCUT2D eigenvalue weighted by Gasteiger charge is -2.26. The Morgan fingerprint density at radius 1 is 1.17 bits per heavy atom. The van der Waals surface area contributed by atoms with Gasteiger partial charge in [0, 0.05) is 29.7 Å². The van der Waals surface area contributed by atoms with Gasteiger partial charge in [0.2, 0.25) is 10.0 Å². The molecule has 0 saturated carbocycles. The highest BCUT2D eigenvalue weighted by molar-refractivity contribution is 7.89. The molecule has 0 unspecified atom stereocenters. The van der Waals surface area contributed by atoms with Gasteiger partial charge in [0.25, 0.3) is 0 Å². The molecule has 7 nitrogen and oxygen atoms in total. The number of morpholine rings is 1. The van der Waals surface area contributed by atoms with Crippen molar-refractivity contribution in [3.05, 3.63) is 58.4 Å². The summed E-state index contributed by atoms with van der Waals surface area (Å²) in [5.74, 6) is -0.193. The molecule has 0 bridgehead atoms. The van der Waals surface area contributed by atoms with Crippen molar-refractivity contribution in [2.24, 2.45) is 0 Å². The van der Waals surface area contributed by atoms with E-state index in [2.05, 4.69) is 4.98 Å². The third kappa shape index (κ3) is 3.91. The zero-order valence-corrected chi connectivity index (χ0v) is 17.8. The Kier molecular flexibility index (Phi) is 5.39. The molecule has 0 spiro atoms. The largest absolute Gasteiger partial charge is 0.379 e. The first kappa shape index (κ1) is 20.0. The quantitative estimate of drug-likeness (QED) is 0.458. The summed E-state index contributed by atoms with van der Waals surface area (Å²) < 4.78 is 33.9. The minimum atomic E-state index is -3.57. The minimum Gasteiger partial charge on any atom is -0.379 e. The Bertz CT molecular complexity index is 1180. The molecule has 9 heteroatoms. The van der Waals surface area contributed by atoms with E-state index in [1.165, 1.54) is 22.5 Å². The van der Waals surface area contributed by atoms with Crippen molar-refractivity contribution in [3.63, 3.8) is 0 Å². The molecule has 0 radical (unpaired) electrons. The molecule has 2 aromatic heterocycles. The fourth-order valence-corrected chi connectivity index (χ4v) is 5.55. The van der Waals surface area contributed by atoms with E-state index in [0.29, 0.717) is 31.9 Å². The maximum Gasteiger partial charge on any atom is 0.243 e. The van der Waals surface area contributed by atoms with Crippen molar-refractivity contribution < 1.29 is 17.9 Å². The van der Waals surface area contributed by atoms with Crippen LogP contribution < -0.4 is 0 Å². The predicted octanol–water partition coefficient (Wildman–Crippen LogP) is 2.93. The lowest BCUT2D eigenvalue weighted by Crippen LogP contribution is -2.40. The van der Waals surface area contributed by atoms with Crippen LogP contribution in [0.25, 0.3) is 11.0 Å². The number of rotatable bonds is 5. The van der Waals surface area contributed by atoms with Crippen molar-refractivity contribution in [3.8, 4) is 0 Å². The summed E-state index contributed by atoms with van der Waals surface area (Å²) >= 11 is 1.60. The highest BCUT2D eigenvalue weighted by Gasteiger charge is 2.26. The number of carbonyl (C=O) groups is 1. The van der Waals surface area contributed by atoms with Crippen molar-refractivity contribution in [2.45, 2.75) is 18.7 Å². The summed E-state index contributed by atoms with van der Waals surface area (Å²) in [5, 5.41) is 0. The van der Waals surface area contributed by atoms with Crippen LogP contribution in [-0.2, 0) is 14.8 Å². The lowest BCUT2D eigenvalue weighted by molar-refractivity contribution is 0.0730. The Morgan fingerprint density at radius 3 is 2.55 bits per heavy atom. The first-order valence-corrected chi connectivity index (χ1v) is 11.5. The van der Waals surface area contributed by atoms with Gasteiger partial charge in [-0.15, -0.1) is 11.3 Å². The number of carbonyl (C=O) groups excluding carboxylic acids is 1. The molecule has 1 aliphatic rings. The average Bonchev–Trinajstić information content (AvgIpc) is 3.21. The van der Waals surface area contributed by atoms with Gasteiger partial charge in [-0.2, -0.15) is 4.31 Å². The molecule has 1 saturated heterocycles. The third-order valence-corrected chi connectivity index (χ3v) is 7.61. The van der Waals surface area contributed by atoms with E-state index in [9.17, 15) is 13.2 Å².